The first kappa shape index (κ1) is 16.1. The normalized spacial score (nSPS) is 11.9. The fraction of sp³-hybridized carbons (Fsp3) is 0.250. The van der Waals surface area contributed by atoms with Crippen molar-refractivity contribution in [1.29, 1.82) is 0 Å². The number of hydrogen-bond donors (Lipinski definition) is 3. The van der Waals surface area contributed by atoms with Gasteiger partial charge in [0.25, 0.3) is 0 Å². The zero-order chi connectivity index (χ0) is 16.9. The van der Waals surface area contributed by atoms with Gasteiger partial charge in [-0.3, -0.25) is 10.4 Å². The Labute approximate surface area is 143 Å². The number of H-pyrrole nitrogens is 1. The molecule has 1 aromatic carbocycles. The molecule has 7 nitrogen and oxygen atoms in total. The van der Waals surface area contributed by atoms with Crippen LogP contribution in [0.3, 0.4) is 0 Å². The fourth-order valence-corrected chi connectivity index (χ4v) is 3.04. The number of amides is 2. The number of carbonyl (C=O) groups excluding carboxylic acids is 1. The summed E-state index contributed by atoms with van der Waals surface area (Å²) in [5, 5.41) is 13.1. The Morgan fingerprint density at radius 1 is 1.33 bits per heavy atom. The Bertz CT molecular complexity index is 813. The van der Waals surface area contributed by atoms with Gasteiger partial charge < -0.3 is 5.32 Å². The highest BCUT2D eigenvalue weighted by atomic mass is 32.1. The van der Waals surface area contributed by atoms with Crippen LogP contribution in [0, 0.1) is 6.92 Å². The first-order chi connectivity index (χ1) is 11.7. The first-order valence-corrected chi connectivity index (χ1v) is 8.45. The second-order valence-electron chi connectivity index (χ2n) is 5.23. The van der Waals surface area contributed by atoms with Crippen LogP contribution in [-0.4, -0.2) is 26.2 Å². The molecule has 0 aliphatic rings. The van der Waals surface area contributed by atoms with Crippen molar-refractivity contribution in [1.82, 2.24) is 25.5 Å². The molecule has 0 saturated carbocycles. The Morgan fingerprint density at radius 3 is 2.79 bits per heavy atom. The molecular weight excluding hydrogens is 324 g/mol. The predicted octanol–water partition coefficient (Wildman–Crippen LogP) is 3.51. The minimum atomic E-state index is -0.321. The highest BCUT2D eigenvalue weighted by Crippen LogP contribution is 2.28. The molecule has 0 aliphatic heterocycles. The average molecular weight is 342 g/mol. The Balaban J connectivity index is 1.63. The quantitative estimate of drug-likeness (QED) is 0.661. The van der Waals surface area contributed by atoms with Crippen LogP contribution in [0.4, 0.5) is 9.93 Å². The highest BCUT2D eigenvalue weighted by Gasteiger charge is 2.17. The van der Waals surface area contributed by atoms with Crippen molar-refractivity contribution in [2.45, 2.75) is 26.3 Å². The summed E-state index contributed by atoms with van der Waals surface area (Å²) in [5.74, 6) is 1.30. The van der Waals surface area contributed by atoms with E-state index in [0.29, 0.717) is 17.4 Å². The lowest BCUT2D eigenvalue weighted by Crippen LogP contribution is -2.32. The smallest absolute Gasteiger partial charge is 0.321 e. The molecule has 124 valence electrons. The number of nitrogens with zero attached hydrogens (tertiary/aromatic N) is 3. The number of aromatic nitrogens is 4. The van der Waals surface area contributed by atoms with E-state index in [9.17, 15) is 4.79 Å². The molecule has 0 radical (unpaired) electrons. The monoisotopic (exact) mass is 342 g/mol. The van der Waals surface area contributed by atoms with Gasteiger partial charge in [0.1, 0.15) is 5.82 Å². The van der Waals surface area contributed by atoms with Crippen LogP contribution >= 0.6 is 11.3 Å². The molecule has 3 N–H and O–H groups in total. The van der Waals surface area contributed by atoms with E-state index in [-0.39, 0.29) is 12.1 Å². The molecule has 1 atom stereocenters. The summed E-state index contributed by atoms with van der Waals surface area (Å²) in [4.78, 5) is 21.7. The lowest BCUT2D eigenvalue weighted by molar-refractivity contribution is 0.247. The molecule has 24 heavy (non-hydrogen) atoms. The summed E-state index contributed by atoms with van der Waals surface area (Å²) in [6, 6.07) is 9.36. The van der Waals surface area contributed by atoms with Crippen LogP contribution in [0.15, 0.2) is 36.5 Å². The Kier molecular flexibility index (Phi) is 4.85. The van der Waals surface area contributed by atoms with Gasteiger partial charge in [0.2, 0.25) is 0 Å². The number of anilines is 1. The number of urea groups is 1. The molecule has 2 aromatic heterocycles. The molecule has 0 spiro atoms. The largest absolute Gasteiger partial charge is 0.328 e. The third-order valence-corrected chi connectivity index (χ3v) is 4.39. The number of rotatable bonds is 5. The molecule has 2 amide bonds. The molecule has 0 aliphatic carbocycles. The topological polar surface area (TPSA) is 95.6 Å². The molecule has 3 aromatic rings. The van der Waals surface area contributed by atoms with E-state index < -0.39 is 0 Å². The van der Waals surface area contributed by atoms with Crippen molar-refractivity contribution in [3.8, 4) is 10.4 Å². The second kappa shape index (κ2) is 7.22. The van der Waals surface area contributed by atoms with Crippen LogP contribution in [0.5, 0.6) is 0 Å². The number of benzene rings is 1. The van der Waals surface area contributed by atoms with Gasteiger partial charge in [0.15, 0.2) is 11.0 Å². The van der Waals surface area contributed by atoms with Crippen LogP contribution < -0.4 is 10.6 Å². The van der Waals surface area contributed by atoms with Crippen molar-refractivity contribution in [3.63, 3.8) is 0 Å². The predicted molar refractivity (Wildman–Crippen MR) is 93.9 cm³/mol. The van der Waals surface area contributed by atoms with Gasteiger partial charge in [-0.1, -0.05) is 48.6 Å². The minimum absolute atomic E-state index is 0.247. The van der Waals surface area contributed by atoms with Crippen molar-refractivity contribution in [2.24, 2.45) is 0 Å². The molecule has 0 saturated heterocycles. The van der Waals surface area contributed by atoms with E-state index in [4.69, 9.17) is 0 Å². The standard InChI is InChI=1S/C16H18N6OS/c1-3-12(14-18-10(2)21-22-14)19-15(23)20-16-17-9-13(24-16)11-7-5-4-6-8-11/h4-9,12H,3H2,1-2H3,(H,18,21,22)(H2,17,19,20,23). The third kappa shape index (κ3) is 3.77. The lowest BCUT2D eigenvalue weighted by Gasteiger charge is -2.13. The van der Waals surface area contributed by atoms with Gasteiger partial charge in [0, 0.05) is 6.20 Å². The molecule has 1 unspecified atom stereocenters. The molecule has 2 heterocycles. The van der Waals surface area contributed by atoms with Gasteiger partial charge in [-0.05, 0) is 18.9 Å². The maximum absolute atomic E-state index is 12.2. The lowest BCUT2D eigenvalue weighted by atomic mass is 10.2. The number of hydrogen-bond acceptors (Lipinski definition) is 5. The summed E-state index contributed by atoms with van der Waals surface area (Å²) in [7, 11) is 0. The SMILES string of the molecule is CCC(NC(=O)Nc1ncc(-c2ccccc2)s1)c1n[nH]c(C)n1. The van der Waals surface area contributed by atoms with Gasteiger partial charge >= 0.3 is 6.03 Å². The fourth-order valence-electron chi connectivity index (χ4n) is 2.22. The van der Waals surface area contributed by atoms with E-state index in [2.05, 4.69) is 30.8 Å². The molecular formula is C16H18N6OS. The van der Waals surface area contributed by atoms with Crippen LogP contribution in [0.25, 0.3) is 10.4 Å². The van der Waals surface area contributed by atoms with E-state index in [0.717, 1.165) is 16.3 Å². The maximum atomic E-state index is 12.2. The Morgan fingerprint density at radius 2 is 2.12 bits per heavy atom. The Hall–Kier alpha value is -2.74. The summed E-state index contributed by atoms with van der Waals surface area (Å²) in [6.45, 7) is 3.79. The summed E-state index contributed by atoms with van der Waals surface area (Å²) < 4.78 is 0. The zero-order valence-electron chi connectivity index (χ0n) is 13.4. The van der Waals surface area contributed by atoms with E-state index >= 15 is 0 Å². The van der Waals surface area contributed by atoms with Crippen LogP contribution in [0.2, 0.25) is 0 Å². The van der Waals surface area contributed by atoms with Crippen molar-refractivity contribution < 1.29 is 4.79 Å². The number of carbonyl (C=O) groups is 1. The highest BCUT2D eigenvalue weighted by molar-refractivity contribution is 7.19. The zero-order valence-corrected chi connectivity index (χ0v) is 14.2. The summed E-state index contributed by atoms with van der Waals surface area (Å²) in [5.41, 5.74) is 1.08. The van der Waals surface area contributed by atoms with Gasteiger partial charge in [-0.25, -0.2) is 14.8 Å². The van der Waals surface area contributed by atoms with Crippen molar-refractivity contribution in [2.75, 3.05) is 5.32 Å². The van der Waals surface area contributed by atoms with E-state index in [1.807, 2.05) is 44.2 Å². The van der Waals surface area contributed by atoms with Gasteiger partial charge in [-0.15, -0.1) is 0 Å². The summed E-state index contributed by atoms with van der Waals surface area (Å²) >= 11 is 1.43. The number of nitrogens with one attached hydrogen (secondary N) is 3. The second-order valence-corrected chi connectivity index (χ2v) is 6.26. The molecule has 8 heteroatoms. The first-order valence-electron chi connectivity index (χ1n) is 7.63. The van der Waals surface area contributed by atoms with E-state index in [1.165, 1.54) is 11.3 Å². The molecule has 0 fully saturated rings. The molecule has 3 rings (SSSR count). The van der Waals surface area contributed by atoms with Gasteiger partial charge in [0.05, 0.1) is 10.9 Å². The van der Waals surface area contributed by atoms with Crippen LogP contribution in [-0.2, 0) is 0 Å². The van der Waals surface area contributed by atoms with Crippen molar-refractivity contribution in [3.05, 3.63) is 48.2 Å². The van der Waals surface area contributed by atoms with E-state index in [1.54, 1.807) is 6.20 Å². The summed E-state index contributed by atoms with van der Waals surface area (Å²) in [6.07, 6.45) is 2.45. The molecule has 0 bridgehead atoms. The minimum Gasteiger partial charge on any atom is -0.328 e. The maximum Gasteiger partial charge on any atom is 0.321 e. The third-order valence-electron chi connectivity index (χ3n) is 3.42. The number of thiazole rings is 1. The van der Waals surface area contributed by atoms with Crippen molar-refractivity contribution >= 4 is 22.5 Å². The van der Waals surface area contributed by atoms with Crippen LogP contribution in [0.1, 0.15) is 31.0 Å². The van der Waals surface area contributed by atoms with Gasteiger partial charge in [-0.2, -0.15) is 5.10 Å². The average Bonchev–Trinajstić information content (AvgIpc) is 3.22. The number of aryl methyl sites for hydroxylation is 1. The number of aromatic amines is 1.